The van der Waals surface area contributed by atoms with Crippen LogP contribution in [0, 0.1) is 17.3 Å². The van der Waals surface area contributed by atoms with E-state index in [1.165, 1.54) is 0 Å². The minimum Gasteiger partial charge on any atom is -0.487 e. The molecule has 0 bridgehead atoms. The lowest BCUT2D eigenvalue weighted by atomic mass is 9.64. The van der Waals surface area contributed by atoms with E-state index in [1.807, 2.05) is 18.2 Å². The molecule has 5 nitrogen and oxygen atoms in total. The number of fused-ring (bicyclic) bond motifs is 3. The second kappa shape index (κ2) is 7.68. The van der Waals surface area contributed by atoms with Gasteiger partial charge in [0, 0.05) is 48.7 Å². The summed E-state index contributed by atoms with van der Waals surface area (Å²) < 4.78 is 18.4. The average Bonchev–Trinajstić information content (AvgIpc) is 2.75. The molecule has 3 fully saturated rings. The number of carbonyl (C=O) groups is 1. The number of likely N-dealkylation sites (tertiary alicyclic amines) is 1. The summed E-state index contributed by atoms with van der Waals surface area (Å²) in [6.45, 7) is 8.19. The van der Waals surface area contributed by atoms with Gasteiger partial charge in [-0.15, -0.1) is 0 Å². The molecule has 5 rings (SSSR count). The van der Waals surface area contributed by atoms with E-state index in [-0.39, 0.29) is 29.0 Å². The Balaban J connectivity index is 1.29. The van der Waals surface area contributed by atoms with Crippen molar-refractivity contribution in [1.29, 1.82) is 0 Å². The van der Waals surface area contributed by atoms with Gasteiger partial charge < -0.3 is 19.1 Å². The lowest BCUT2D eigenvalue weighted by molar-refractivity contribution is -0.177. The lowest BCUT2D eigenvalue weighted by Gasteiger charge is -2.54. The minimum atomic E-state index is -0.298. The summed E-state index contributed by atoms with van der Waals surface area (Å²) in [6.07, 6.45) is 4.82. The molecule has 2 atom stereocenters. The average molecular weight is 434 g/mol. The lowest BCUT2D eigenvalue weighted by Crippen LogP contribution is -2.55. The van der Waals surface area contributed by atoms with E-state index in [0.29, 0.717) is 19.1 Å². The second-order valence-electron chi connectivity index (χ2n) is 10.1. The van der Waals surface area contributed by atoms with Crippen LogP contribution in [0.5, 0.6) is 5.75 Å². The number of halogens is 1. The van der Waals surface area contributed by atoms with Gasteiger partial charge in [0.15, 0.2) is 0 Å². The van der Waals surface area contributed by atoms with Crippen LogP contribution in [-0.4, -0.2) is 49.3 Å². The van der Waals surface area contributed by atoms with E-state index < -0.39 is 0 Å². The summed E-state index contributed by atoms with van der Waals surface area (Å²) in [5.41, 5.74) is 0.909. The van der Waals surface area contributed by atoms with Crippen molar-refractivity contribution in [2.45, 2.75) is 57.7 Å². The summed E-state index contributed by atoms with van der Waals surface area (Å²) in [4.78, 5) is 15.0. The van der Waals surface area contributed by atoms with Gasteiger partial charge in [-0.1, -0.05) is 11.6 Å². The first-order chi connectivity index (χ1) is 14.4. The Kier molecular flexibility index (Phi) is 5.27. The molecule has 4 aliphatic rings. The molecule has 30 heavy (non-hydrogen) atoms. The van der Waals surface area contributed by atoms with Crippen molar-refractivity contribution in [2.24, 2.45) is 17.3 Å². The Bertz CT molecular complexity index is 811. The largest absolute Gasteiger partial charge is 0.487 e. The second-order valence-corrected chi connectivity index (χ2v) is 10.6. The number of benzene rings is 1. The molecule has 1 aromatic carbocycles. The molecule has 4 aliphatic heterocycles. The third kappa shape index (κ3) is 3.63. The molecule has 0 saturated carbocycles. The highest BCUT2D eigenvalue weighted by atomic mass is 35.5. The minimum absolute atomic E-state index is 0.0231. The number of amides is 1. The predicted molar refractivity (Wildman–Crippen MR) is 115 cm³/mol. The molecular formula is C24H32ClNO4. The Labute approximate surface area is 184 Å². The Morgan fingerprint density at radius 1 is 1.17 bits per heavy atom. The molecular weight excluding hydrogens is 402 g/mol. The van der Waals surface area contributed by atoms with Crippen LogP contribution in [0.3, 0.4) is 0 Å². The normalized spacial score (nSPS) is 30.3. The zero-order valence-electron chi connectivity index (χ0n) is 18.0. The van der Waals surface area contributed by atoms with Gasteiger partial charge >= 0.3 is 0 Å². The molecule has 0 aromatic heterocycles. The van der Waals surface area contributed by atoms with Crippen LogP contribution < -0.4 is 4.74 Å². The first kappa shape index (κ1) is 20.6. The fourth-order valence-corrected chi connectivity index (χ4v) is 6.06. The third-order valence-corrected chi connectivity index (χ3v) is 8.07. The maximum absolute atomic E-state index is 12.9. The molecule has 0 radical (unpaired) electrons. The van der Waals surface area contributed by atoms with Gasteiger partial charge in [0.2, 0.25) is 5.91 Å². The van der Waals surface area contributed by atoms with Crippen molar-refractivity contribution < 1.29 is 19.0 Å². The van der Waals surface area contributed by atoms with Gasteiger partial charge in [0.05, 0.1) is 12.7 Å². The summed E-state index contributed by atoms with van der Waals surface area (Å²) in [6, 6.07) is 5.84. The summed E-state index contributed by atoms with van der Waals surface area (Å²) >= 11 is 6.27. The van der Waals surface area contributed by atoms with Crippen molar-refractivity contribution >= 4 is 17.5 Å². The standard InChI is InChI=1S/C24H32ClNO4/c1-23(2)19-14-24(15-29-21(19)18-13-17(25)3-4-20(18)30-23)7-9-26(10-8-24)22(27)16-5-11-28-12-6-16/h3-4,13,16,19,21H,5-12,14-15H2,1-2H3/t19-,21+/m0/s1. The number of rotatable bonds is 1. The van der Waals surface area contributed by atoms with E-state index in [9.17, 15) is 4.79 Å². The van der Waals surface area contributed by atoms with Gasteiger partial charge in [0.25, 0.3) is 0 Å². The molecule has 1 amide bonds. The number of nitrogens with zero attached hydrogens (tertiary/aromatic N) is 1. The van der Waals surface area contributed by atoms with Gasteiger partial charge in [0.1, 0.15) is 11.4 Å². The molecule has 0 aliphatic carbocycles. The zero-order chi connectivity index (χ0) is 20.9. The van der Waals surface area contributed by atoms with Gasteiger partial charge in [-0.3, -0.25) is 4.79 Å². The van der Waals surface area contributed by atoms with E-state index in [2.05, 4.69) is 18.7 Å². The van der Waals surface area contributed by atoms with E-state index >= 15 is 0 Å². The smallest absolute Gasteiger partial charge is 0.225 e. The van der Waals surface area contributed by atoms with E-state index in [0.717, 1.165) is 68.1 Å². The molecule has 0 N–H and O–H groups in total. The van der Waals surface area contributed by atoms with Crippen molar-refractivity contribution in [3.05, 3.63) is 28.8 Å². The number of ether oxygens (including phenoxy) is 3. The quantitative estimate of drug-likeness (QED) is 0.648. The number of carbonyl (C=O) groups excluding carboxylic acids is 1. The Hall–Kier alpha value is -1.30. The highest BCUT2D eigenvalue weighted by Crippen LogP contribution is 2.55. The number of hydrogen-bond donors (Lipinski definition) is 0. The predicted octanol–water partition coefficient (Wildman–Crippen LogP) is 4.62. The van der Waals surface area contributed by atoms with Crippen LogP contribution >= 0.6 is 11.6 Å². The van der Waals surface area contributed by atoms with Gasteiger partial charge in [-0.05, 0) is 69.6 Å². The Morgan fingerprint density at radius 3 is 2.63 bits per heavy atom. The zero-order valence-corrected chi connectivity index (χ0v) is 18.7. The van der Waals surface area contributed by atoms with Crippen LogP contribution in [0.4, 0.5) is 0 Å². The van der Waals surface area contributed by atoms with Crippen molar-refractivity contribution in [2.75, 3.05) is 32.9 Å². The van der Waals surface area contributed by atoms with Gasteiger partial charge in [-0.25, -0.2) is 0 Å². The molecule has 1 spiro atoms. The highest BCUT2D eigenvalue weighted by molar-refractivity contribution is 6.30. The van der Waals surface area contributed by atoms with E-state index in [1.54, 1.807) is 0 Å². The van der Waals surface area contributed by atoms with E-state index in [4.69, 9.17) is 25.8 Å². The van der Waals surface area contributed by atoms with Crippen molar-refractivity contribution in [1.82, 2.24) is 4.90 Å². The first-order valence-corrected chi connectivity index (χ1v) is 11.7. The fraction of sp³-hybridized carbons (Fsp3) is 0.708. The maximum Gasteiger partial charge on any atom is 0.225 e. The SMILES string of the molecule is CC1(C)Oc2ccc(Cl)cc2[C@H]2OCC3(CCN(C(=O)C4CCOCC4)CC3)C[C@@H]21. The van der Waals surface area contributed by atoms with Crippen LogP contribution in [0.2, 0.25) is 5.02 Å². The van der Waals surface area contributed by atoms with Crippen LogP contribution in [0.25, 0.3) is 0 Å². The molecule has 4 heterocycles. The monoisotopic (exact) mass is 433 g/mol. The molecule has 0 unspecified atom stereocenters. The van der Waals surface area contributed by atoms with Crippen LogP contribution in [-0.2, 0) is 14.3 Å². The Morgan fingerprint density at radius 2 is 1.90 bits per heavy atom. The summed E-state index contributed by atoms with van der Waals surface area (Å²) in [7, 11) is 0. The van der Waals surface area contributed by atoms with Crippen LogP contribution in [0.1, 0.15) is 57.6 Å². The summed E-state index contributed by atoms with van der Waals surface area (Å²) in [5, 5.41) is 0.722. The topological polar surface area (TPSA) is 48.0 Å². The van der Waals surface area contributed by atoms with Crippen molar-refractivity contribution in [3.8, 4) is 5.75 Å². The summed E-state index contributed by atoms with van der Waals surface area (Å²) in [5.74, 6) is 1.63. The number of piperidine rings is 1. The molecule has 1 aromatic rings. The number of hydrogen-bond acceptors (Lipinski definition) is 4. The molecule has 6 heteroatoms. The van der Waals surface area contributed by atoms with Crippen molar-refractivity contribution in [3.63, 3.8) is 0 Å². The maximum atomic E-state index is 12.9. The third-order valence-electron chi connectivity index (χ3n) is 7.84. The molecule has 3 saturated heterocycles. The fourth-order valence-electron chi connectivity index (χ4n) is 5.88. The first-order valence-electron chi connectivity index (χ1n) is 11.3. The highest BCUT2D eigenvalue weighted by Gasteiger charge is 2.53. The van der Waals surface area contributed by atoms with Gasteiger partial charge in [-0.2, -0.15) is 0 Å². The molecule has 164 valence electrons. The van der Waals surface area contributed by atoms with Crippen LogP contribution in [0.15, 0.2) is 18.2 Å².